The quantitative estimate of drug-likeness (QED) is 0.706. The SMILES string of the molecule is COC(=O)c1csc2nc(C)[nH]c12. The summed E-state index contributed by atoms with van der Waals surface area (Å²) < 4.78 is 4.63. The van der Waals surface area contributed by atoms with Crippen LogP contribution in [0, 0.1) is 6.92 Å². The van der Waals surface area contributed by atoms with Gasteiger partial charge in [-0.05, 0) is 6.92 Å². The Morgan fingerprint density at radius 1 is 1.69 bits per heavy atom. The van der Waals surface area contributed by atoms with E-state index in [9.17, 15) is 4.79 Å². The van der Waals surface area contributed by atoms with Crippen molar-refractivity contribution in [2.75, 3.05) is 7.11 Å². The van der Waals surface area contributed by atoms with Gasteiger partial charge in [-0.25, -0.2) is 9.78 Å². The first-order valence-electron chi connectivity index (χ1n) is 3.74. The van der Waals surface area contributed by atoms with Gasteiger partial charge in [0.25, 0.3) is 0 Å². The van der Waals surface area contributed by atoms with Gasteiger partial charge < -0.3 is 9.72 Å². The number of hydrogen-bond acceptors (Lipinski definition) is 4. The predicted octanol–water partition coefficient (Wildman–Crippen LogP) is 1.72. The Morgan fingerprint density at radius 2 is 2.46 bits per heavy atom. The van der Waals surface area contributed by atoms with Crippen molar-refractivity contribution in [3.8, 4) is 0 Å². The number of esters is 1. The van der Waals surface area contributed by atoms with E-state index in [-0.39, 0.29) is 5.97 Å². The molecule has 2 aromatic heterocycles. The summed E-state index contributed by atoms with van der Waals surface area (Å²) in [4.78, 5) is 19.3. The van der Waals surface area contributed by atoms with Crippen LogP contribution in [0.2, 0.25) is 0 Å². The molecule has 0 bridgehead atoms. The summed E-state index contributed by atoms with van der Waals surface area (Å²) in [5.74, 6) is 0.488. The summed E-state index contributed by atoms with van der Waals surface area (Å²) in [6.07, 6.45) is 0. The van der Waals surface area contributed by atoms with Crippen molar-refractivity contribution >= 4 is 27.7 Å². The van der Waals surface area contributed by atoms with Gasteiger partial charge in [-0.15, -0.1) is 11.3 Å². The van der Waals surface area contributed by atoms with E-state index in [1.165, 1.54) is 18.4 Å². The lowest BCUT2D eigenvalue weighted by atomic mass is 10.3. The van der Waals surface area contributed by atoms with Gasteiger partial charge in [-0.1, -0.05) is 0 Å². The summed E-state index contributed by atoms with van der Waals surface area (Å²) >= 11 is 1.44. The molecule has 0 aromatic carbocycles. The van der Waals surface area contributed by atoms with Crippen molar-refractivity contribution in [1.29, 1.82) is 0 Å². The largest absolute Gasteiger partial charge is 0.465 e. The first-order valence-corrected chi connectivity index (χ1v) is 4.62. The maximum atomic E-state index is 11.2. The molecule has 0 atom stereocenters. The van der Waals surface area contributed by atoms with E-state index in [0.29, 0.717) is 5.56 Å². The minimum absolute atomic E-state index is 0.324. The zero-order chi connectivity index (χ0) is 9.42. The molecule has 0 unspecified atom stereocenters. The van der Waals surface area contributed by atoms with E-state index >= 15 is 0 Å². The van der Waals surface area contributed by atoms with Gasteiger partial charge in [0.15, 0.2) is 0 Å². The lowest BCUT2D eigenvalue weighted by Crippen LogP contribution is -1.99. The molecular weight excluding hydrogens is 188 g/mol. The summed E-state index contributed by atoms with van der Waals surface area (Å²) in [6, 6.07) is 0. The van der Waals surface area contributed by atoms with Crippen LogP contribution in [-0.2, 0) is 4.74 Å². The highest BCUT2D eigenvalue weighted by atomic mass is 32.1. The normalized spacial score (nSPS) is 10.6. The fourth-order valence-electron chi connectivity index (χ4n) is 1.17. The number of aryl methyl sites for hydroxylation is 1. The molecule has 5 heteroatoms. The van der Waals surface area contributed by atoms with Crippen LogP contribution in [0.1, 0.15) is 16.2 Å². The monoisotopic (exact) mass is 196 g/mol. The molecule has 0 saturated carbocycles. The second-order valence-electron chi connectivity index (χ2n) is 2.64. The number of H-pyrrole nitrogens is 1. The van der Waals surface area contributed by atoms with E-state index < -0.39 is 0 Å². The molecule has 0 fully saturated rings. The molecule has 2 rings (SSSR count). The standard InChI is InChI=1S/C8H8N2O2S/c1-4-9-6-5(8(11)12-2)3-13-7(6)10-4/h3H,1-2H3,(H,9,10). The summed E-state index contributed by atoms with van der Waals surface area (Å²) in [5, 5.41) is 1.75. The Kier molecular flexibility index (Phi) is 1.81. The van der Waals surface area contributed by atoms with Crippen LogP contribution in [0.25, 0.3) is 10.3 Å². The number of carbonyl (C=O) groups is 1. The number of methoxy groups -OCH3 is 1. The molecule has 0 aliphatic rings. The van der Waals surface area contributed by atoms with Gasteiger partial charge in [0, 0.05) is 5.38 Å². The molecule has 0 spiro atoms. The number of carbonyl (C=O) groups excluding carboxylic acids is 1. The average Bonchev–Trinajstić information content (AvgIpc) is 2.61. The number of aromatic amines is 1. The minimum Gasteiger partial charge on any atom is -0.465 e. The Labute approximate surface area is 78.6 Å². The summed E-state index contributed by atoms with van der Waals surface area (Å²) in [5.41, 5.74) is 1.33. The van der Waals surface area contributed by atoms with E-state index in [1.807, 2.05) is 6.92 Å². The van der Waals surface area contributed by atoms with Crippen LogP contribution in [0.15, 0.2) is 5.38 Å². The Bertz CT molecular complexity index is 458. The highest BCUT2D eigenvalue weighted by Gasteiger charge is 2.14. The Morgan fingerprint density at radius 3 is 3.15 bits per heavy atom. The van der Waals surface area contributed by atoms with Gasteiger partial charge in [0.05, 0.1) is 18.2 Å². The van der Waals surface area contributed by atoms with Crippen molar-refractivity contribution in [3.05, 3.63) is 16.8 Å². The molecule has 0 aliphatic carbocycles. The molecule has 1 N–H and O–H groups in total. The number of rotatable bonds is 1. The van der Waals surface area contributed by atoms with Gasteiger partial charge >= 0.3 is 5.97 Å². The predicted molar refractivity (Wildman–Crippen MR) is 50.0 cm³/mol. The zero-order valence-corrected chi connectivity index (χ0v) is 8.07. The van der Waals surface area contributed by atoms with E-state index in [2.05, 4.69) is 14.7 Å². The lowest BCUT2D eigenvalue weighted by molar-refractivity contribution is 0.0603. The molecule has 13 heavy (non-hydrogen) atoms. The smallest absolute Gasteiger partial charge is 0.340 e. The number of aromatic nitrogens is 2. The van der Waals surface area contributed by atoms with Gasteiger partial charge in [0.1, 0.15) is 10.7 Å². The molecule has 2 aromatic rings. The van der Waals surface area contributed by atoms with Gasteiger partial charge in [-0.3, -0.25) is 0 Å². The lowest BCUT2D eigenvalue weighted by Gasteiger charge is -1.93. The minimum atomic E-state index is -0.324. The van der Waals surface area contributed by atoms with Crippen LogP contribution < -0.4 is 0 Å². The third kappa shape index (κ3) is 1.21. The van der Waals surface area contributed by atoms with Crippen LogP contribution in [0.4, 0.5) is 0 Å². The zero-order valence-electron chi connectivity index (χ0n) is 7.25. The topological polar surface area (TPSA) is 55.0 Å². The average molecular weight is 196 g/mol. The second-order valence-corrected chi connectivity index (χ2v) is 3.50. The fourth-order valence-corrected chi connectivity index (χ4v) is 2.08. The van der Waals surface area contributed by atoms with Crippen molar-refractivity contribution in [3.63, 3.8) is 0 Å². The number of nitrogens with zero attached hydrogens (tertiary/aromatic N) is 1. The summed E-state index contributed by atoms with van der Waals surface area (Å²) in [6.45, 7) is 1.85. The Hall–Kier alpha value is -1.36. The number of imidazole rings is 1. The van der Waals surface area contributed by atoms with Crippen molar-refractivity contribution < 1.29 is 9.53 Å². The Balaban J connectivity index is 2.62. The van der Waals surface area contributed by atoms with E-state index in [1.54, 1.807) is 5.38 Å². The molecule has 0 aliphatic heterocycles. The third-order valence-corrected chi connectivity index (χ3v) is 2.62. The molecule has 2 heterocycles. The van der Waals surface area contributed by atoms with Gasteiger partial charge in [-0.2, -0.15) is 0 Å². The number of thiophene rings is 1. The van der Waals surface area contributed by atoms with Gasteiger partial charge in [0.2, 0.25) is 0 Å². The molecule has 0 radical (unpaired) electrons. The number of hydrogen-bond donors (Lipinski definition) is 1. The van der Waals surface area contributed by atoms with Crippen LogP contribution in [-0.4, -0.2) is 23.0 Å². The van der Waals surface area contributed by atoms with Crippen LogP contribution in [0.3, 0.4) is 0 Å². The van der Waals surface area contributed by atoms with Crippen molar-refractivity contribution in [2.24, 2.45) is 0 Å². The van der Waals surface area contributed by atoms with Crippen LogP contribution in [0.5, 0.6) is 0 Å². The molecule has 0 amide bonds. The van der Waals surface area contributed by atoms with E-state index in [0.717, 1.165) is 16.2 Å². The number of ether oxygens (including phenoxy) is 1. The first kappa shape index (κ1) is 8.25. The highest BCUT2D eigenvalue weighted by Crippen LogP contribution is 2.23. The summed E-state index contributed by atoms with van der Waals surface area (Å²) in [7, 11) is 1.37. The maximum absolute atomic E-state index is 11.2. The molecule has 4 nitrogen and oxygen atoms in total. The van der Waals surface area contributed by atoms with Crippen molar-refractivity contribution in [1.82, 2.24) is 9.97 Å². The van der Waals surface area contributed by atoms with Crippen molar-refractivity contribution in [2.45, 2.75) is 6.92 Å². The molecule has 0 saturated heterocycles. The fraction of sp³-hybridized carbons (Fsp3) is 0.250. The number of fused-ring (bicyclic) bond motifs is 1. The maximum Gasteiger partial charge on any atom is 0.340 e. The van der Waals surface area contributed by atoms with Crippen LogP contribution >= 0.6 is 11.3 Å². The first-order chi connectivity index (χ1) is 6.22. The third-order valence-electron chi connectivity index (χ3n) is 1.75. The number of nitrogens with one attached hydrogen (secondary N) is 1. The molecule has 68 valence electrons. The highest BCUT2D eigenvalue weighted by molar-refractivity contribution is 7.17. The second kappa shape index (κ2) is 2.85. The van der Waals surface area contributed by atoms with E-state index in [4.69, 9.17) is 0 Å². The molecular formula is C8H8N2O2S.